The van der Waals surface area contributed by atoms with Crippen molar-refractivity contribution in [1.29, 1.82) is 0 Å². The molecule has 2 amide bonds. The number of urea groups is 1. The highest BCUT2D eigenvalue weighted by molar-refractivity contribution is 5.81. The Hall–Kier alpha value is -1.30. The van der Waals surface area contributed by atoms with Gasteiger partial charge in [-0.3, -0.25) is 4.79 Å². The lowest BCUT2D eigenvalue weighted by Gasteiger charge is -2.40. The van der Waals surface area contributed by atoms with Crippen molar-refractivity contribution in [3.8, 4) is 0 Å². The number of aliphatic hydroxyl groups is 1. The van der Waals surface area contributed by atoms with E-state index >= 15 is 0 Å². The fourth-order valence-electron chi connectivity index (χ4n) is 2.42. The van der Waals surface area contributed by atoms with Crippen LogP contribution in [-0.4, -0.2) is 63.8 Å². The molecule has 2 saturated carbocycles. The van der Waals surface area contributed by atoms with Gasteiger partial charge < -0.3 is 20.0 Å². The van der Waals surface area contributed by atoms with Gasteiger partial charge >= 0.3 is 12.0 Å². The van der Waals surface area contributed by atoms with Crippen LogP contribution in [0.4, 0.5) is 4.79 Å². The quantitative estimate of drug-likeness (QED) is 0.720. The molecule has 6 heteroatoms. The second-order valence-electron chi connectivity index (χ2n) is 5.39. The molecule has 2 aliphatic carbocycles. The molecule has 0 aliphatic heterocycles. The van der Waals surface area contributed by atoms with E-state index in [4.69, 9.17) is 10.2 Å². The zero-order chi connectivity index (χ0) is 13.8. The summed E-state index contributed by atoms with van der Waals surface area (Å²) in [6, 6.07) is 0.164. The summed E-state index contributed by atoms with van der Waals surface area (Å²) in [5.74, 6) is -0.962. The normalized spacial score (nSPS) is 18.8. The molecule has 0 radical (unpaired) electrons. The molecule has 2 rings (SSSR count). The molecule has 0 unspecified atom stereocenters. The van der Waals surface area contributed by atoms with E-state index in [9.17, 15) is 9.59 Å². The Morgan fingerprint density at radius 2 is 1.68 bits per heavy atom. The highest BCUT2D eigenvalue weighted by Gasteiger charge is 2.38. The van der Waals surface area contributed by atoms with E-state index in [-0.39, 0.29) is 31.3 Å². The standard InChI is InChI=1S/C13H22N2O4/c16-8-2-7-14(10-3-1-4-10)13(19)15(9-12(17)18)11-5-6-11/h10-11,16H,1-9H2,(H,17,18). The van der Waals surface area contributed by atoms with Gasteiger partial charge in [0.05, 0.1) is 0 Å². The number of carboxylic acid groups (broad SMARTS) is 1. The maximum absolute atomic E-state index is 12.5. The summed E-state index contributed by atoms with van der Waals surface area (Å²) in [5, 5.41) is 17.9. The Labute approximate surface area is 113 Å². The van der Waals surface area contributed by atoms with Crippen molar-refractivity contribution in [2.75, 3.05) is 19.7 Å². The Morgan fingerprint density at radius 1 is 1.05 bits per heavy atom. The minimum absolute atomic E-state index is 0.0544. The monoisotopic (exact) mass is 270 g/mol. The molecule has 108 valence electrons. The number of carbonyl (C=O) groups excluding carboxylic acids is 1. The Kier molecular flexibility index (Phi) is 4.63. The van der Waals surface area contributed by atoms with E-state index in [0.29, 0.717) is 13.0 Å². The van der Waals surface area contributed by atoms with Crippen molar-refractivity contribution in [2.24, 2.45) is 0 Å². The minimum atomic E-state index is -0.962. The number of amides is 2. The zero-order valence-electron chi connectivity index (χ0n) is 11.1. The molecule has 2 N–H and O–H groups in total. The van der Waals surface area contributed by atoms with Crippen molar-refractivity contribution in [2.45, 2.75) is 50.6 Å². The molecule has 2 aliphatic rings. The van der Waals surface area contributed by atoms with E-state index in [1.807, 2.05) is 0 Å². The summed E-state index contributed by atoms with van der Waals surface area (Å²) in [6.45, 7) is 0.355. The smallest absolute Gasteiger partial charge is 0.323 e. The Morgan fingerprint density at radius 3 is 2.11 bits per heavy atom. The molecule has 0 bridgehead atoms. The first-order valence-electron chi connectivity index (χ1n) is 7.03. The lowest BCUT2D eigenvalue weighted by molar-refractivity contribution is -0.138. The lowest BCUT2D eigenvalue weighted by Crippen LogP contribution is -2.52. The summed E-state index contributed by atoms with van der Waals surface area (Å²) in [4.78, 5) is 26.6. The highest BCUT2D eigenvalue weighted by atomic mass is 16.4. The Bertz CT molecular complexity index is 340. The molecule has 0 heterocycles. The van der Waals surface area contributed by atoms with Crippen LogP contribution in [-0.2, 0) is 4.79 Å². The summed E-state index contributed by atoms with van der Waals surface area (Å²) < 4.78 is 0. The van der Waals surface area contributed by atoms with Crippen molar-refractivity contribution >= 4 is 12.0 Å². The van der Waals surface area contributed by atoms with Crippen LogP contribution in [0.2, 0.25) is 0 Å². The van der Waals surface area contributed by atoms with Crippen molar-refractivity contribution in [3.05, 3.63) is 0 Å². The van der Waals surface area contributed by atoms with Crippen LogP contribution < -0.4 is 0 Å². The van der Waals surface area contributed by atoms with Crippen LogP contribution in [0.3, 0.4) is 0 Å². The minimum Gasteiger partial charge on any atom is -0.480 e. The SMILES string of the molecule is O=C(O)CN(C(=O)N(CCCO)C1CCC1)C1CC1. The van der Waals surface area contributed by atoms with Gasteiger partial charge in [-0.1, -0.05) is 0 Å². The van der Waals surface area contributed by atoms with Crippen LogP contribution in [0.5, 0.6) is 0 Å². The fourth-order valence-corrected chi connectivity index (χ4v) is 2.42. The van der Waals surface area contributed by atoms with Crippen molar-refractivity contribution in [1.82, 2.24) is 9.80 Å². The Balaban J connectivity index is 2.00. The maximum Gasteiger partial charge on any atom is 0.323 e. The van der Waals surface area contributed by atoms with Gasteiger partial charge in [-0.15, -0.1) is 0 Å². The van der Waals surface area contributed by atoms with Gasteiger partial charge in [-0.05, 0) is 38.5 Å². The number of nitrogens with zero attached hydrogens (tertiary/aromatic N) is 2. The summed E-state index contributed by atoms with van der Waals surface area (Å²) >= 11 is 0. The third kappa shape index (κ3) is 3.59. The first kappa shape index (κ1) is 14.1. The average Bonchev–Trinajstić information content (AvgIpc) is 3.11. The van der Waals surface area contributed by atoms with Crippen LogP contribution in [0, 0.1) is 0 Å². The molecular weight excluding hydrogens is 248 g/mol. The number of aliphatic carboxylic acids is 1. The van der Waals surface area contributed by atoms with E-state index in [0.717, 1.165) is 32.1 Å². The topological polar surface area (TPSA) is 81.1 Å². The van der Waals surface area contributed by atoms with Crippen molar-refractivity contribution in [3.63, 3.8) is 0 Å². The zero-order valence-corrected chi connectivity index (χ0v) is 11.1. The van der Waals surface area contributed by atoms with Gasteiger partial charge in [-0.25, -0.2) is 4.79 Å². The van der Waals surface area contributed by atoms with Crippen LogP contribution in [0.25, 0.3) is 0 Å². The first-order valence-corrected chi connectivity index (χ1v) is 7.03. The molecule has 2 fully saturated rings. The van der Waals surface area contributed by atoms with E-state index in [1.54, 1.807) is 4.90 Å². The summed E-state index contributed by atoms with van der Waals surface area (Å²) in [7, 11) is 0. The average molecular weight is 270 g/mol. The molecular formula is C13H22N2O4. The van der Waals surface area contributed by atoms with Crippen molar-refractivity contribution < 1.29 is 19.8 Å². The molecule has 19 heavy (non-hydrogen) atoms. The first-order chi connectivity index (χ1) is 9.13. The van der Waals surface area contributed by atoms with Gasteiger partial charge in [0, 0.05) is 25.2 Å². The summed E-state index contributed by atoms with van der Waals surface area (Å²) in [6.07, 6.45) is 5.45. The predicted molar refractivity (Wildman–Crippen MR) is 68.8 cm³/mol. The second-order valence-corrected chi connectivity index (χ2v) is 5.39. The van der Waals surface area contributed by atoms with Crippen LogP contribution in [0.15, 0.2) is 0 Å². The predicted octanol–water partition coefficient (Wildman–Crippen LogP) is 0.892. The van der Waals surface area contributed by atoms with Crippen LogP contribution in [0.1, 0.15) is 38.5 Å². The molecule has 0 saturated heterocycles. The fraction of sp³-hybridized carbons (Fsp3) is 0.846. The molecule has 0 spiro atoms. The van der Waals surface area contributed by atoms with Crippen LogP contribution >= 0.6 is 0 Å². The molecule has 0 aromatic heterocycles. The third-order valence-electron chi connectivity index (χ3n) is 3.86. The number of hydrogen-bond acceptors (Lipinski definition) is 3. The molecule has 0 aromatic rings. The second kappa shape index (κ2) is 6.23. The van der Waals surface area contributed by atoms with Gasteiger partial charge in [0.1, 0.15) is 6.54 Å². The highest BCUT2D eigenvalue weighted by Crippen LogP contribution is 2.31. The van der Waals surface area contributed by atoms with E-state index in [1.165, 1.54) is 4.90 Å². The number of carbonyl (C=O) groups is 2. The number of hydrogen-bond donors (Lipinski definition) is 2. The van der Waals surface area contributed by atoms with E-state index in [2.05, 4.69) is 0 Å². The van der Waals surface area contributed by atoms with E-state index < -0.39 is 5.97 Å². The number of rotatable bonds is 7. The van der Waals surface area contributed by atoms with Gasteiger partial charge in [0.25, 0.3) is 0 Å². The lowest BCUT2D eigenvalue weighted by atomic mass is 9.91. The van der Waals surface area contributed by atoms with Gasteiger partial charge in [0.2, 0.25) is 0 Å². The molecule has 0 atom stereocenters. The molecule has 6 nitrogen and oxygen atoms in total. The summed E-state index contributed by atoms with van der Waals surface area (Å²) in [5.41, 5.74) is 0. The third-order valence-corrected chi connectivity index (χ3v) is 3.86. The van der Waals surface area contributed by atoms with Gasteiger partial charge in [-0.2, -0.15) is 0 Å². The van der Waals surface area contributed by atoms with Gasteiger partial charge in [0.15, 0.2) is 0 Å². The largest absolute Gasteiger partial charge is 0.480 e. The number of aliphatic hydroxyl groups excluding tert-OH is 1. The molecule has 0 aromatic carbocycles. The maximum atomic E-state index is 12.5. The number of carboxylic acids is 1.